The van der Waals surface area contributed by atoms with Crippen LogP contribution in [-0.2, 0) is 25.5 Å². The van der Waals surface area contributed by atoms with Crippen LogP contribution in [0.15, 0.2) is 60.7 Å². The Hall–Kier alpha value is -3.15. The van der Waals surface area contributed by atoms with Crippen molar-refractivity contribution < 1.29 is 23.9 Å². The van der Waals surface area contributed by atoms with Gasteiger partial charge in [-0.2, -0.15) is 0 Å². The average Bonchev–Trinajstić information content (AvgIpc) is 3.12. The van der Waals surface area contributed by atoms with Crippen LogP contribution in [0.4, 0.5) is 4.79 Å². The van der Waals surface area contributed by atoms with Gasteiger partial charge in [0.05, 0.1) is 12.5 Å². The number of hydrogen-bond acceptors (Lipinski definition) is 5. The Morgan fingerprint density at radius 1 is 1.06 bits per heavy atom. The molecule has 0 N–H and O–H groups in total. The van der Waals surface area contributed by atoms with Crippen molar-refractivity contribution in [3.05, 3.63) is 71.8 Å². The van der Waals surface area contributed by atoms with E-state index in [2.05, 4.69) is 0 Å². The fourth-order valence-electron chi connectivity index (χ4n) is 4.16. The highest BCUT2D eigenvalue weighted by Gasteiger charge is 2.42. The molecule has 33 heavy (non-hydrogen) atoms. The third-order valence-corrected chi connectivity index (χ3v) is 5.70. The van der Waals surface area contributed by atoms with E-state index in [1.54, 1.807) is 20.8 Å². The summed E-state index contributed by atoms with van der Waals surface area (Å²) in [6.07, 6.45) is 0.188. The van der Waals surface area contributed by atoms with E-state index in [9.17, 15) is 14.4 Å². The lowest BCUT2D eigenvalue weighted by Crippen LogP contribution is -2.44. The molecule has 1 saturated heterocycles. The van der Waals surface area contributed by atoms with Crippen LogP contribution < -0.4 is 0 Å². The molecule has 2 aromatic rings. The number of cyclic esters (lactones) is 1. The molecule has 1 heterocycles. The third kappa shape index (κ3) is 6.91. The van der Waals surface area contributed by atoms with Crippen molar-refractivity contribution in [3.8, 4) is 0 Å². The Labute approximate surface area is 195 Å². The van der Waals surface area contributed by atoms with Gasteiger partial charge >= 0.3 is 12.1 Å². The van der Waals surface area contributed by atoms with Gasteiger partial charge in [0, 0.05) is 5.92 Å². The quantitative estimate of drug-likeness (QED) is 0.521. The summed E-state index contributed by atoms with van der Waals surface area (Å²) in [5.41, 5.74) is 1.43. The molecule has 0 saturated carbocycles. The van der Waals surface area contributed by atoms with Gasteiger partial charge in [0.25, 0.3) is 0 Å². The van der Waals surface area contributed by atoms with Gasteiger partial charge in [-0.05, 0) is 50.7 Å². The first kappa shape index (κ1) is 24.5. The lowest BCUT2D eigenvalue weighted by Gasteiger charge is -2.27. The minimum absolute atomic E-state index is 0.0220. The molecule has 1 unspecified atom stereocenters. The summed E-state index contributed by atoms with van der Waals surface area (Å²) in [5, 5.41) is 0. The summed E-state index contributed by atoms with van der Waals surface area (Å²) in [6.45, 7) is 7.55. The second-order valence-corrected chi connectivity index (χ2v) is 9.66. The minimum atomic E-state index is -0.695. The highest BCUT2D eigenvalue weighted by molar-refractivity contribution is 5.96. The monoisotopic (exact) mass is 451 g/mol. The molecule has 3 atom stereocenters. The molecule has 1 aliphatic rings. The molecule has 0 aliphatic carbocycles. The number of carbonyl (C=O) groups excluding carboxylic acids is 3. The predicted octanol–water partition coefficient (Wildman–Crippen LogP) is 5.12. The molecule has 2 amide bonds. The maximum atomic E-state index is 13.6. The summed E-state index contributed by atoms with van der Waals surface area (Å²) < 4.78 is 10.7. The largest absolute Gasteiger partial charge is 0.460 e. The topological polar surface area (TPSA) is 72.9 Å². The molecule has 1 aliphatic heterocycles. The molecular weight excluding hydrogens is 418 g/mol. The number of rotatable bonds is 8. The van der Waals surface area contributed by atoms with Gasteiger partial charge in [0.1, 0.15) is 12.2 Å². The fourth-order valence-corrected chi connectivity index (χ4v) is 4.16. The van der Waals surface area contributed by atoms with E-state index in [1.807, 2.05) is 67.6 Å². The maximum absolute atomic E-state index is 13.6. The Kier molecular flexibility index (Phi) is 7.90. The first-order chi connectivity index (χ1) is 15.6. The molecule has 3 rings (SSSR count). The normalized spacial score (nSPS) is 17.9. The number of amides is 2. The van der Waals surface area contributed by atoms with E-state index >= 15 is 0 Å². The summed E-state index contributed by atoms with van der Waals surface area (Å²) in [4.78, 5) is 40.1. The van der Waals surface area contributed by atoms with Crippen molar-refractivity contribution >= 4 is 18.0 Å². The zero-order valence-electron chi connectivity index (χ0n) is 19.8. The van der Waals surface area contributed by atoms with Crippen LogP contribution >= 0.6 is 0 Å². The molecule has 0 spiro atoms. The van der Waals surface area contributed by atoms with Gasteiger partial charge in [-0.15, -0.1) is 0 Å². The molecule has 6 nitrogen and oxygen atoms in total. The second-order valence-electron chi connectivity index (χ2n) is 9.66. The van der Waals surface area contributed by atoms with Crippen LogP contribution in [-0.4, -0.2) is 41.1 Å². The van der Waals surface area contributed by atoms with E-state index in [0.29, 0.717) is 12.8 Å². The fraction of sp³-hybridized carbons (Fsp3) is 0.444. The first-order valence-electron chi connectivity index (χ1n) is 11.4. The van der Waals surface area contributed by atoms with Gasteiger partial charge in [-0.1, -0.05) is 67.6 Å². The van der Waals surface area contributed by atoms with E-state index in [4.69, 9.17) is 9.47 Å². The zero-order chi connectivity index (χ0) is 24.0. The molecule has 6 heteroatoms. The second kappa shape index (κ2) is 10.6. The van der Waals surface area contributed by atoms with E-state index in [-0.39, 0.29) is 24.9 Å². The third-order valence-electron chi connectivity index (χ3n) is 5.70. The van der Waals surface area contributed by atoms with Crippen molar-refractivity contribution in [1.82, 2.24) is 4.90 Å². The maximum Gasteiger partial charge on any atom is 0.416 e. The van der Waals surface area contributed by atoms with Crippen molar-refractivity contribution in [3.63, 3.8) is 0 Å². The number of benzene rings is 2. The highest BCUT2D eigenvalue weighted by Crippen LogP contribution is 2.30. The van der Waals surface area contributed by atoms with Crippen molar-refractivity contribution in [2.45, 2.75) is 64.5 Å². The Balaban J connectivity index is 1.81. The zero-order valence-corrected chi connectivity index (χ0v) is 19.8. The SMILES string of the molecule is CC(C[C@H](CC(=O)OC(C)(C)C)C(=O)N1C(=O)OC[C@@H]1Cc1ccccc1)c1ccccc1. The standard InChI is InChI=1S/C27H33NO5/c1-19(21-13-9-6-10-14-21)15-22(17-24(29)33-27(2,3)4)25(30)28-23(18-32-26(28)31)16-20-11-7-5-8-12-20/h5-14,19,22-23H,15-18H2,1-4H3/t19?,22-,23+/m1/s1. The van der Waals surface area contributed by atoms with E-state index < -0.39 is 29.6 Å². The lowest BCUT2D eigenvalue weighted by atomic mass is 9.87. The number of carbonyl (C=O) groups is 3. The molecule has 0 radical (unpaired) electrons. The van der Waals surface area contributed by atoms with Crippen molar-refractivity contribution in [2.24, 2.45) is 5.92 Å². The van der Waals surface area contributed by atoms with Gasteiger partial charge in [-0.3, -0.25) is 9.59 Å². The molecule has 0 bridgehead atoms. The van der Waals surface area contributed by atoms with Crippen LogP contribution in [0, 0.1) is 5.92 Å². The van der Waals surface area contributed by atoms with Gasteiger partial charge in [0.2, 0.25) is 5.91 Å². The van der Waals surface area contributed by atoms with E-state index in [1.165, 1.54) is 4.90 Å². The van der Waals surface area contributed by atoms with Crippen LogP contribution in [0.2, 0.25) is 0 Å². The summed E-state index contributed by atoms with van der Waals surface area (Å²) in [5.74, 6) is -1.51. The highest BCUT2D eigenvalue weighted by atomic mass is 16.6. The van der Waals surface area contributed by atoms with Crippen molar-refractivity contribution in [1.29, 1.82) is 0 Å². The van der Waals surface area contributed by atoms with Crippen LogP contribution in [0.25, 0.3) is 0 Å². The minimum Gasteiger partial charge on any atom is -0.460 e. The van der Waals surface area contributed by atoms with Gasteiger partial charge in [-0.25, -0.2) is 9.69 Å². The number of hydrogen-bond donors (Lipinski definition) is 0. The molecule has 0 aromatic heterocycles. The van der Waals surface area contributed by atoms with Crippen LogP contribution in [0.1, 0.15) is 57.6 Å². The summed E-state index contributed by atoms with van der Waals surface area (Å²) in [6, 6.07) is 19.1. The Bertz CT molecular complexity index is 951. The van der Waals surface area contributed by atoms with Gasteiger partial charge < -0.3 is 9.47 Å². The number of esters is 1. The van der Waals surface area contributed by atoms with Crippen LogP contribution in [0.3, 0.4) is 0 Å². The van der Waals surface area contributed by atoms with E-state index in [0.717, 1.165) is 11.1 Å². The van der Waals surface area contributed by atoms with Crippen molar-refractivity contribution in [2.75, 3.05) is 6.61 Å². The summed E-state index contributed by atoms with van der Waals surface area (Å²) in [7, 11) is 0. The predicted molar refractivity (Wildman–Crippen MR) is 126 cm³/mol. The molecule has 2 aromatic carbocycles. The van der Waals surface area contributed by atoms with Crippen LogP contribution in [0.5, 0.6) is 0 Å². The molecular formula is C27H33NO5. The smallest absolute Gasteiger partial charge is 0.416 e. The molecule has 176 valence electrons. The summed E-state index contributed by atoms with van der Waals surface area (Å²) >= 11 is 0. The first-order valence-corrected chi connectivity index (χ1v) is 11.4. The lowest BCUT2D eigenvalue weighted by molar-refractivity contribution is -0.158. The number of nitrogens with zero attached hydrogens (tertiary/aromatic N) is 1. The van der Waals surface area contributed by atoms with Gasteiger partial charge in [0.15, 0.2) is 0 Å². The Morgan fingerprint density at radius 2 is 1.67 bits per heavy atom. The number of imide groups is 1. The number of ether oxygens (including phenoxy) is 2. The Morgan fingerprint density at radius 3 is 2.27 bits per heavy atom. The molecule has 1 fully saturated rings. The average molecular weight is 452 g/mol.